The van der Waals surface area contributed by atoms with Gasteiger partial charge in [-0.3, -0.25) is 0 Å². The van der Waals surface area contributed by atoms with Crippen molar-refractivity contribution in [2.75, 3.05) is 13.6 Å². The van der Waals surface area contributed by atoms with E-state index in [1.165, 1.54) is 6.07 Å². The van der Waals surface area contributed by atoms with Gasteiger partial charge >= 0.3 is 0 Å². The van der Waals surface area contributed by atoms with E-state index in [0.717, 1.165) is 24.6 Å². The Bertz CT molecular complexity index is 642. The van der Waals surface area contributed by atoms with E-state index >= 15 is 0 Å². The van der Waals surface area contributed by atoms with Gasteiger partial charge in [-0.15, -0.1) is 0 Å². The molecule has 0 aliphatic carbocycles. The SMILES string of the molecule is CNC[C@H]1Cc2cccc(-c3cccc(F)c3F)c2O1. The van der Waals surface area contributed by atoms with Crippen LogP contribution < -0.4 is 10.1 Å². The van der Waals surface area contributed by atoms with E-state index in [1.54, 1.807) is 12.1 Å². The summed E-state index contributed by atoms with van der Waals surface area (Å²) in [5.41, 5.74) is 1.89. The van der Waals surface area contributed by atoms with Crippen molar-refractivity contribution in [2.24, 2.45) is 0 Å². The number of fused-ring (bicyclic) bond motifs is 1. The van der Waals surface area contributed by atoms with Crippen molar-refractivity contribution in [3.8, 4) is 16.9 Å². The van der Waals surface area contributed by atoms with E-state index in [4.69, 9.17) is 4.74 Å². The van der Waals surface area contributed by atoms with Crippen LogP contribution in [-0.2, 0) is 6.42 Å². The average Bonchev–Trinajstić information content (AvgIpc) is 2.85. The number of para-hydroxylation sites is 1. The van der Waals surface area contributed by atoms with Crippen LogP contribution in [0.2, 0.25) is 0 Å². The van der Waals surface area contributed by atoms with Gasteiger partial charge in [-0.05, 0) is 18.7 Å². The highest BCUT2D eigenvalue weighted by Crippen LogP contribution is 2.39. The Kier molecular flexibility index (Phi) is 3.40. The number of rotatable bonds is 3. The van der Waals surface area contributed by atoms with Crippen LogP contribution in [0.25, 0.3) is 11.1 Å². The second-order valence-corrected chi connectivity index (χ2v) is 4.90. The van der Waals surface area contributed by atoms with Crippen LogP contribution >= 0.6 is 0 Å². The highest BCUT2D eigenvalue weighted by molar-refractivity contribution is 5.73. The van der Waals surface area contributed by atoms with E-state index in [9.17, 15) is 8.78 Å². The predicted octanol–water partition coefficient (Wildman–Crippen LogP) is 3.15. The first-order valence-electron chi connectivity index (χ1n) is 6.58. The van der Waals surface area contributed by atoms with Gasteiger partial charge in [-0.1, -0.05) is 30.3 Å². The fourth-order valence-electron chi connectivity index (χ4n) is 2.60. The lowest BCUT2D eigenvalue weighted by Gasteiger charge is -2.12. The van der Waals surface area contributed by atoms with Crippen molar-refractivity contribution in [1.82, 2.24) is 5.32 Å². The smallest absolute Gasteiger partial charge is 0.166 e. The zero-order valence-corrected chi connectivity index (χ0v) is 11.1. The maximum Gasteiger partial charge on any atom is 0.166 e. The lowest BCUT2D eigenvalue weighted by molar-refractivity contribution is 0.232. The van der Waals surface area contributed by atoms with Gasteiger partial charge in [0.25, 0.3) is 0 Å². The minimum atomic E-state index is -0.843. The lowest BCUT2D eigenvalue weighted by atomic mass is 10.00. The molecular weight excluding hydrogens is 260 g/mol. The Hall–Kier alpha value is -1.94. The molecule has 20 heavy (non-hydrogen) atoms. The fraction of sp³-hybridized carbons (Fsp3) is 0.250. The Morgan fingerprint density at radius 3 is 2.70 bits per heavy atom. The molecule has 3 rings (SSSR count). The number of ether oxygens (including phenoxy) is 1. The molecule has 1 atom stereocenters. The molecule has 1 aliphatic rings. The molecule has 2 aromatic rings. The van der Waals surface area contributed by atoms with Gasteiger partial charge in [0.1, 0.15) is 11.9 Å². The van der Waals surface area contributed by atoms with Crippen LogP contribution in [0.5, 0.6) is 5.75 Å². The largest absolute Gasteiger partial charge is 0.488 e. The molecule has 4 heteroatoms. The van der Waals surface area contributed by atoms with Crippen molar-refractivity contribution in [2.45, 2.75) is 12.5 Å². The third kappa shape index (κ3) is 2.16. The summed E-state index contributed by atoms with van der Waals surface area (Å²) in [6.07, 6.45) is 0.814. The summed E-state index contributed by atoms with van der Waals surface area (Å²) >= 11 is 0. The van der Waals surface area contributed by atoms with Crippen molar-refractivity contribution >= 4 is 0 Å². The van der Waals surface area contributed by atoms with Crippen molar-refractivity contribution < 1.29 is 13.5 Å². The molecule has 2 nitrogen and oxygen atoms in total. The summed E-state index contributed by atoms with van der Waals surface area (Å²) in [5, 5.41) is 3.07. The van der Waals surface area contributed by atoms with Crippen LogP contribution in [0.1, 0.15) is 5.56 Å². The van der Waals surface area contributed by atoms with E-state index in [2.05, 4.69) is 5.32 Å². The minimum Gasteiger partial charge on any atom is -0.488 e. The number of benzene rings is 2. The molecule has 0 amide bonds. The fourth-order valence-corrected chi connectivity index (χ4v) is 2.60. The summed E-state index contributed by atoms with van der Waals surface area (Å²) in [4.78, 5) is 0. The van der Waals surface area contributed by atoms with E-state index in [-0.39, 0.29) is 11.7 Å². The Morgan fingerprint density at radius 2 is 1.90 bits per heavy atom. The summed E-state index contributed by atoms with van der Waals surface area (Å²) < 4.78 is 33.2. The van der Waals surface area contributed by atoms with Crippen LogP contribution in [0.3, 0.4) is 0 Å². The molecule has 1 aliphatic heterocycles. The molecule has 0 radical (unpaired) electrons. The molecule has 0 unspecified atom stereocenters. The normalized spacial score (nSPS) is 16.9. The molecule has 0 saturated heterocycles. The van der Waals surface area contributed by atoms with Gasteiger partial charge < -0.3 is 10.1 Å². The molecule has 1 heterocycles. The van der Waals surface area contributed by atoms with Gasteiger partial charge in [0.2, 0.25) is 0 Å². The highest BCUT2D eigenvalue weighted by atomic mass is 19.2. The van der Waals surface area contributed by atoms with Crippen LogP contribution in [-0.4, -0.2) is 19.7 Å². The van der Waals surface area contributed by atoms with Crippen molar-refractivity contribution in [1.29, 1.82) is 0 Å². The van der Waals surface area contributed by atoms with Gasteiger partial charge in [0, 0.05) is 24.1 Å². The third-order valence-corrected chi connectivity index (χ3v) is 3.50. The molecule has 0 bridgehead atoms. The number of likely N-dealkylation sites (N-methyl/N-ethyl adjacent to an activating group) is 1. The molecule has 0 saturated carbocycles. The summed E-state index contributed by atoms with van der Waals surface area (Å²) in [7, 11) is 1.86. The van der Waals surface area contributed by atoms with Crippen molar-refractivity contribution in [3.63, 3.8) is 0 Å². The summed E-state index contributed by atoms with van der Waals surface area (Å²) in [6, 6.07) is 9.77. The lowest BCUT2D eigenvalue weighted by Crippen LogP contribution is -2.27. The Labute approximate surface area is 116 Å². The highest BCUT2D eigenvalue weighted by Gasteiger charge is 2.26. The number of hydrogen-bond acceptors (Lipinski definition) is 2. The molecule has 2 aromatic carbocycles. The van der Waals surface area contributed by atoms with Crippen LogP contribution in [0.4, 0.5) is 8.78 Å². The molecule has 0 spiro atoms. The van der Waals surface area contributed by atoms with Crippen LogP contribution in [0.15, 0.2) is 36.4 Å². The molecule has 0 aromatic heterocycles. The average molecular weight is 275 g/mol. The zero-order chi connectivity index (χ0) is 14.1. The zero-order valence-electron chi connectivity index (χ0n) is 11.1. The first-order valence-corrected chi connectivity index (χ1v) is 6.58. The van der Waals surface area contributed by atoms with Crippen LogP contribution in [0, 0.1) is 11.6 Å². The monoisotopic (exact) mass is 275 g/mol. The van der Waals surface area contributed by atoms with Gasteiger partial charge in [0.05, 0.1) is 0 Å². The standard InChI is InChI=1S/C16H15F2NO/c1-19-9-11-8-10-4-2-6-13(16(10)20-11)12-5-3-7-14(17)15(12)18/h2-7,11,19H,8-9H2,1H3/t11-/m1/s1. The first kappa shape index (κ1) is 13.1. The van der Waals surface area contributed by atoms with E-state index < -0.39 is 11.6 Å². The molecule has 104 valence electrons. The number of halogens is 2. The second kappa shape index (κ2) is 5.21. The summed E-state index contributed by atoms with van der Waals surface area (Å²) in [6.45, 7) is 0.722. The number of nitrogens with one attached hydrogen (secondary N) is 1. The molecule has 1 N–H and O–H groups in total. The summed E-state index contributed by atoms with van der Waals surface area (Å²) in [5.74, 6) is -1.01. The topological polar surface area (TPSA) is 21.3 Å². The maximum absolute atomic E-state index is 14.0. The van der Waals surface area contributed by atoms with E-state index in [1.807, 2.05) is 19.2 Å². The number of hydrogen-bond donors (Lipinski definition) is 1. The van der Waals surface area contributed by atoms with Gasteiger partial charge in [0.15, 0.2) is 11.6 Å². The molecule has 0 fully saturated rings. The predicted molar refractivity (Wildman–Crippen MR) is 73.8 cm³/mol. The van der Waals surface area contributed by atoms with Gasteiger partial charge in [-0.2, -0.15) is 0 Å². The van der Waals surface area contributed by atoms with E-state index in [0.29, 0.717) is 11.3 Å². The first-order chi connectivity index (χ1) is 9.70. The van der Waals surface area contributed by atoms with Gasteiger partial charge in [-0.25, -0.2) is 8.78 Å². The van der Waals surface area contributed by atoms with Crippen molar-refractivity contribution in [3.05, 3.63) is 53.6 Å². The third-order valence-electron chi connectivity index (χ3n) is 3.50. The quantitative estimate of drug-likeness (QED) is 0.929. The Balaban J connectivity index is 2.05. The molecular formula is C16H15F2NO. The second-order valence-electron chi connectivity index (χ2n) is 4.90. The minimum absolute atomic E-state index is 0.0350. The maximum atomic E-state index is 14.0. The Morgan fingerprint density at radius 1 is 1.15 bits per heavy atom.